The fraction of sp³-hybridized carbons (Fsp3) is 0.143. The molecule has 0 aromatic heterocycles. The average molecular weight is 349 g/mol. The third-order valence-corrected chi connectivity index (χ3v) is 3.36. The lowest BCUT2D eigenvalue weighted by molar-refractivity contribution is 0.104. The Balaban J connectivity index is 2.34. The van der Waals surface area contributed by atoms with Crippen LogP contribution in [0.2, 0.25) is 0 Å². The van der Waals surface area contributed by atoms with E-state index in [1.807, 2.05) is 13.0 Å². The Kier molecular flexibility index (Phi) is 6.53. The minimum atomic E-state index is -0.488. The number of nitrogens with zero attached hydrogens (tertiary/aromatic N) is 1. The minimum absolute atomic E-state index is 0.0728. The highest BCUT2D eigenvalue weighted by Gasteiger charge is 2.13. The maximum Gasteiger partial charge on any atom is 0.203 e. The van der Waals surface area contributed by atoms with Crippen LogP contribution in [0.15, 0.2) is 48.0 Å². The van der Waals surface area contributed by atoms with Gasteiger partial charge in [0.25, 0.3) is 0 Å². The quantitative estimate of drug-likeness (QED) is 0.328. The van der Waals surface area contributed by atoms with Crippen LogP contribution in [-0.4, -0.2) is 19.0 Å². The molecule has 26 heavy (non-hydrogen) atoms. The third kappa shape index (κ3) is 4.72. The van der Waals surface area contributed by atoms with E-state index < -0.39 is 11.6 Å². The molecule has 0 N–H and O–H groups in total. The van der Waals surface area contributed by atoms with Crippen molar-refractivity contribution < 1.29 is 18.7 Å². The Morgan fingerprint density at radius 3 is 2.54 bits per heavy atom. The van der Waals surface area contributed by atoms with Crippen LogP contribution in [0.25, 0.3) is 6.08 Å². The molecule has 0 aliphatic carbocycles. The third-order valence-electron chi connectivity index (χ3n) is 3.36. The van der Waals surface area contributed by atoms with E-state index in [4.69, 9.17) is 15.9 Å². The molecule has 2 aromatic carbocycles. The molecule has 0 amide bonds. The monoisotopic (exact) mass is 349 g/mol. The molecular weight excluding hydrogens is 333 g/mol. The predicted octanol–water partition coefficient (Wildman–Crippen LogP) is 4.03. The summed E-state index contributed by atoms with van der Waals surface area (Å²) in [6, 6.07) is 11.9. The zero-order valence-corrected chi connectivity index (χ0v) is 14.2. The molecule has 0 bridgehead atoms. The first-order chi connectivity index (χ1) is 12.6. The van der Waals surface area contributed by atoms with E-state index in [9.17, 15) is 14.4 Å². The molecule has 0 heterocycles. The fourth-order valence-electron chi connectivity index (χ4n) is 2.19. The van der Waals surface area contributed by atoms with Gasteiger partial charge in [-0.3, -0.25) is 4.79 Å². The number of Topliss-reactive ketones (excluding diaryl/α,β-unsaturated/α-hetero) is 1. The van der Waals surface area contributed by atoms with E-state index in [1.165, 1.54) is 30.3 Å². The van der Waals surface area contributed by atoms with Gasteiger partial charge >= 0.3 is 0 Å². The second kappa shape index (κ2) is 9.05. The van der Waals surface area contributed by atoms with Crippen molar-refractivity contribution in [2.45, 2.75) is 6.92 Å². The molecular formula is C21H16FNO3. The van der Waals surface area contributed by atoms with E-state index in [0.717, 1.165) is 0 Å². The normalized spacial score (nSPS) is 10.5. The minimum Gasteiger partial charge on any atom is -0.490 e. The van der Waals surface area contributed by atoms with Crippen LogP contribution in [0.4, 0.5) is 4.39 Å². The van der Waals surface area contributed by atoms with Gasteiger partial charge in [0.05, 0.1) is 6.61 Å². The van der Waals surface area contributed by atoms with Crippen LogP contribution in [0, 0.1) is 29.5 Å². The Morgan fingerprint density at radius 2 is 1.92 bits per heavy atom. The highest BCUT2D eigenvalue weighted by Crippen LogP contribution is 2.29. The average Bonchev–Trinajstić information content (AvgIpc) is 2.65. The first kappa shape index (κ1) is 18.8. The van der Waals surface area contributed by atoms with Crippen molar-refractivity contribution in [2.24, 2.45) is 0 Å². The van der Waals surface area contributed by atoms with Crippen molar-refractivity contribution in [1.29, 1.82) is 5.26 Å². The molecule has 0 radical (unpaired) electrons. The summed E-state index contributed by atoms with van der Waals surface area (Å²) in [6.07, 6.45) is 6.63. The Hall–Kier alpha value is -3.57. The lowest BCUT2D eigenvalue weighted by Crippen LogP contribution is -2.02. The number of halogens is 1. The van der Waals surface area contributed by atoms with Gasteiger partial charge in [-0.2, -0.15) is 5.26 Å². The summed E-state index contributed by atoms with van der Waals surface area (Å²) < 4.78 is 23.9. The maximum absolute atomic E-state index is 13.0. The number of hydrogen-bond acceptors (Lipinski definition) is 4. The second-order valence-corrected chi connectivity index (χ2v) is 5.14. The number of carbonyl (C=O) groups excluding carboxylic acids is 1. The molecule has 2 aromatic rings. The number of terminal acetylenes is 1. The van der Waals surface area contributed by atoms with Crippen molar-refractivity contribution in [1.82, 2.24) is 0 Å². The number of allylic oxidation sites excluding steroid dienone is 1. The topological polar surface area (TPSA) is 59.3 Å². The Bertz CT molecular complexity index is 902. The van der Waals surface area contributed by atoms with E-state index in [-0.39, 0.29) is 17.7 Å². The van der Waals surface area contributed by atoms with E-state index >= 15 is 0 Å². The summed E-state index contributed by atoms with van der Waals surface area (Å²) in [7, 11) is 0. The molecule has 0 aliphatic heterocycles. The highest BCUT2D eigenvalue weighted by molar-refractivity contribution is 6.14. The molecule has 0 fully saturated rings. The van der Waals surface area contributed by atoms with Gasteiger partial charge in [0, 0.05) is 5.56 Å². The number of ether oxygens (including phenoxy) is 2. The largest absolute Gasteiger partial charge is 0.490 e. The number of rotatable bonds is 7. The molecule has 0 unspecified atom stereocenters. The summed E-state index contributed by atoms with van der Waals surface area (Å²) in [5, 5.41) is 9.33. The van der Waals surface area contributed by atoms with Crippen LogP contribution < -0.4 is 9.47 Å². The van der Waals surface area contributed by atoms with Gasteiger partial charge in [-0.25, -0.2) is 4.39 Å². The standard InChI is InChI=1S/C21H16FNO3/c1-3-11-26-19-10-5-15(13-20(19)25-4-2)12-17(14-23)21(24)16-6-8-18(22)9-7-16/h1,5-10,12-13H,4,11H2,2H3/b17-12+. The van der Waals surface area contributed by atoms with Crippen molar-refractivity contribution in [3.63, 3.8) is 0 Å². The maximum atomic E-state index is 13.0. The van der Waals surface area contributed by atoms with Gasteiger partial charge in [-0.05, 0) is 55.0 Å². The molecule has 5 heteroatoms. The molecule has 0 aliphatic rings. The zero-order valence-electron chi connectivity index (χ0n) is 14.2. The summed E-state index contributed by atoms with van der Waals surface area (Å²) in [5.74, 6) is 2.37. The van der Waals surface area contributed by atoms with Crippen molar-refractivity contribution >= 4 is 11.9 Å². The van der Waals surface area contributed by atoms with Gasteiger partial charge in [0.15, 0.2) is 11.5 Å². The summed E-state index contributed by atoms with van der Waals surface area (Å²) in [6.45, 7) is 2.34. The van der Waals surface area contributed by atoms with E-state index in [0.29, 0.717) is 23.7 Å². The summed E-state index contributed by atoms with van der Waals surface area (Å²) >= 11 is 0. The fourth-order valence-corrected chi connectivity index (χ4v) is 2.19. The number of hydrogen-bond donors (Lipinski definition) is 0. The lowest BCUT2D eigenvalue weighted by atomic mass is 10.0. The van der Waals surface area contributed by atoms with Crippen LogP contribution in [0.1, 0.15) is 22.8 Å². The summed E-state index contributed by atoms with van der Waals surface area (Å²) in [5.41, 5.74) is 0.753. The van der Waals surface area contributed by atoms with E-state index in [2.05, 4.69) is 5.92 Å². The predicted molar refractivity (Wildman–Crippen MR) is 96.3 cm³/mol. The molecule has 130 valence electrons. The van der Waals surface area contributed by atoms with Gasteiger partial charge < -0.3 is 9.47 Å². The van der Waals surface area contributed by atoms with Crippen LogP contribution in [-0.2, 0) is 0 Å². The van der Waals surface area contributed by atoms with Crippen molar-refractivity contribution in [3.05, 3.63) is 65.0 Å². The van der Waals surface area contributed by atoms with Crippen molar-refractivity contribution in [2.75, 3.05) is 13.2 Å². The molecule has 2 rings (SSSR count). The van der Waals surface area contributed by atoms with Gasteiger partial charge in [0.2, 0.25) is 5.78 Å². The second-order valence-electron chi connectivity index (χ2n) is 5.14. The molecule has 4 nitrogen and oxygen atoms in total. The summed E-state index contributed by atoms with van der Waals surface area (Å²) in [4.78, 5) is 12.4. The van der Waals surface area contributed by atoms with Gasteiger partial charge in [-0.15, -0.1) is 6.42 Å². The number of ketones is 1. The number of benzene rings is 2. The van der Waals surface area contributed by atoms with Gasteiger partial charge in [0.1, 0.15) is 24.1 Å². The lowest BCUT2D eigenvalue weighted by Gasteiger charge is -2.11. The van der Waals surface area contributed by atoms with Gasteiger partial charge in [-0.1, -0.05) is 12.0 Å². The Morgan fingerprint density at radius 1 is 1.19 bits per heavy atom. The number of carbonyl (C=O) groups is 1. The first-order valence-electron chi connectivity index (χ1n) is 7.84. The first-order valence-corrected chi connectivity index (χ1v) is 7.84. The number of nitriles is 1. The SMILES string of the molecule is C#CCOc1ccc(/C=C(\C#N)C(=O)c2ccc(F)cc2)cc1OCC. The molecule has 0 atom stereocenters. The molecule has 0 spiro atoms. The van der Waals surface area contributed by atoms with Crippen LogP contribution >= 0.6 is 0 Å². The Labute approximate surface area is 151 Å². The van der Waals surface area contributed by atoms with E-state index in [1.54, 1.807) is 18.2 Å². The van der Waals surface area contributed by atoms with Crippen LogP contribution in [0.3, 0.4) is 0 Å². The zero-order chi connectivity index (χ0) is 18.9. The van der Waals surface area contributed by atoms with Crippen LogP contribution in [0.5, 0.6) is 11.5 Å². The molecule has 0 saturated heterocycles. The highest BCUT2D eigenvalue weighted by atomic mass is 19.1. The van der Waals surface area contributed by atoms with Crippen molar-refractivity contribution in [3.8, 4) is 29.9 Å². The molecule has 0 saturated carbocycles. The smallest absolute Gasteiger partial charge is 0.203 e.